The molecule has 172 valence electrons. The predicted molar refractivity (Wildman–Crippen MR) is 135 cm³/mol. The molecule has 9 heteroatoms. The highest BCUT2D eigenvalue weighted by Gasteiger charge is 2.30. The molecule has 4 rings (SSSR count). The normalized spacial score (nSPS) is 17.5. The number of anilines is 2. The molecule has 8 nitrogen and oxygen atoms in total. The molecule has 1 fully saturated rings. The number of amides is 1. The largest absolute Gasteiger partial charge is 0.372 e. The van der Waals surface area contributed by atoms with Gasteiger partial charge in [0.15, 0.2) is 5.17 Å². The van der Waals surface area contributed by atoms with E-state index in [1.54, 1.807) is 12.1 Å². The van der Waals surface area contributed by atoms with Crippen molar-refractivity contribution in [1.29, 1.82) is 0 Å². The summed E-state index contributed by atoms with van der Waals surface area (Å²) in [5, 5.41) is 12.0. The second kappa shape index (κ2) is 10.1. The number of para-hydroxylation sites is 2. The van der Waals surface area contributed by atoms with Crippen molar-refractivity contribution in [2.75, 3.05) is 49.1 Å². The molecule has 1 amide bonds. The first-order valence-electron chi connectivity index (χ1n) is 11.1. The van der Waals surface area contributed by atoms with Gasteiger partial charge in [-0.25, -0.2) is 0 Å². The topological polar surface area (TPSA) is 82.3 Å². The fourth-order valence-electron chi connectivity index (χ4n) is 4.08. The molecule has 2 aromatic rings. The molecule has 0 spiro atoms. The summed E-state index contributed by atoms with van der Waals surface area (Å²) < 4.78 is 0. The van der Waals surface area contributed by atoms with Gasteiger partial charge in [-0.15, -0.1) is 0 Å². The Bertz CT molecular complexity index is 1090. The van der Waals surface area contributed by atoms with Crippen LogP contribution in [0.5, 0.6) is 0 Å². The van der Waals surface area contributed by atoms with Crippen LogP contribution in [-0.4, -0.2) is 60.2 Å². The number of nitro benzene ring substituents is 1. The quantitative estimate of drug-likeness (QED) is 0.359. The van der Waals surface area contributed by atoms with Gasteiger partial charge in [-0.2, -0.15) is 4.99 Å². The third-order valence-corrected chi connectivity index (χ3v) is 6.94. The Balaban J connectivity index is 1.39. The minimum atomic E-state index is -0.344. The number of benzene rings is 2. The van der Waals surface area contributed by atoms with E-state index in [0.29, 0.717) is 41.9 Å². The molecule has 33 heavy (non-hydrogen) atoms. The molecule has 0 saturated carbocycles. The zero-order chi connectivity index (χ0) is 23.4. The summed E-state index contributed by atoms with van der Waals surface area (Å²) in [4.78, 5) is 34.8. The molecule has 2 heterocycles. The number of thioether (sulfide) groups is 1. The zero-order valence-electron chi connectivity index (χ0n) is 18.8. The van der Waals surface area contributed by atoms with Crippen molar-refractivity contribution in [3.05, 3.63) is 69.1 Å². The molecule has 1 saturated heterocycles. The number of hydrogen-bond acceptors (Lipinski definition) is 7. The number of piperazine rings is 1. The smallest absolute Gasteiger partial charge is 0.292 e. The number of aliphatic imine (C=N–C) groups is 1. The Labute approximate surface area is 197 Å². The lowest BCUT2D eigenvalue weighted by molar-refractivity contribution is -0.384. The number of nitrogens with zero attached hydrogens (tertiary/aromatic N) is 5. The summed E-state index contributed by atoms with van der Waals surface area (Å²) in [6.45, 7) is 8.73. The van der Waals surface area contributed by atoms with Crippen molar-refractivity contribution in [2.24, 2.45) is 4.99 Å². The van der Waals surface area contributed by atoms with Crippen LogP contribution in [0.1, 0.15) is 19.4 Å². The fourth-order valence-corrected chi connectivity index (χ4v) is 5.04. The Morgan fingerprint density at radius 2 is 1.67 bits per heavy atom. The van der Waals surface area contributed by atoms with Crippen LogP contribution in [0.2, 0.25) is 0 Å². The summed E-state index contributed by atoms with van der Waals surface area (Å²) in [6.07, 6.45) is 1.89. The van der Waals surface area contributed by atoms with Gasteiger partial charge in [-0.05, 0) is 55.4 Å². The number of nitro groups is 1. The maximum Gasteiger partial charge on any atom is 0.292 e. The minimum absolute atomic E-state index is 0.117. The van der Waals surface area contributed by atoms with Crippen molar-refractivity contribution in [3.63, 3.8) is 0 Å². The zero-order valence-corrected chi connectivity index (χ0v) is 19.6. The maximum atomic E-state index is 12.5. The van der Waals surface area contributed by atoms with E-state index < -0.39 is 0 Å². The van der Waals surface area contributed by atoms with Crippen LogP contribution in [0.15, 0.2) is 58.4 Å². The SMILES string of the molecule is CCN(CC)c1ccc(/C=C2/SC(N3CCN(c4ccccc4[N+](=O)[O-])CC3)=NC2=O)cc1. The molecular formula is C24H27N5O3S. The Hall–Kier alpha value is -3.33. The second-order valence-electron chi connectivity index (χ2n) is 7.79. The van der Waals surface area contributed by atoms with E-state index in [-0.39, 0.29) is 16.5 Å². The number of amidine groups is 1. The Kier molecular flexibility index (Phi) is 6.98. The standard InChI is InChI=1S/C24H27N5O3S/c1-3-26(4-2)19-11-9-18(10-12-19)17-22-23(30)25-24(33-22)28-15-13-27(14-16-28)20-7-5-6-8-21(20)29(31)32/h5-12,17H,3-4,13-16H2,1-2H3/b22-17+. The lowest BCUT2D eigenvalue weighted by Gasteiger charge is -2.36. The first-order chi connectivity index (χ1) is 16.0. The second-order valence-corrected chi connectivity index (χ2v) is 8.80. The van der Waals surface area contributed by atoms with Gasteiger partial charge in [0.1, 0.15) is 5.69 Å². The average Bonchev–Trinajstić information content (AvgIpc) is 3.21. The van der Waals surface area contributed by atoms with Crippen LogP contribution in [-0.2, 0) is 4.79 Å². The maximum absolute atomic E-state index is 12.5. The lowest BCUT2D eigenvalue weighted by Crippen LogP contribution is -2.48. The Morgan fingerprint density at radius 1 is 1.03 bits per heavy atom. The molecule has 0 radical (unpaired) electrons. The van der Waals surface area contributed by atoms with Crippen molar-refractivity contribution in [2.45, 2.75) is 13.8 Å². The summed E-state index contributed by atoms with van der Waals surface area (Å²) in [7, 11) is 0. The molecule has 0 unspecified atom stereocenters. The van der Waals surface area contributed by atoms with Gasteiger partial charge in [0, 0.05) is 51.0 Å². The average molecular weight is 466 g/mol. The van der Waals surface area contributed by atoms with Gasteiger partial charge < -0.3 is 14.7 Å². The summed E-state index contributed by atoms with van der Waals surface area (Å²) in [5.74, 6) is -0.219. The number of carbonyl (C=O) groups is 1. The molecule has 2 aromatic carbocycles. The van der Waals surface area contributed by atoms with E-state index in [9.17, 15) is 14.9 Å². The van der Waals surface area contributed by atoms with Crippen molar-refractivity contribution in [1.82, 2.24) is 4.90 Å². The Morgan fingerprint density at radius 3 is 2.30 bits per heavy atom. The van der Waals surface area contributed by atoms with Crippen LogP contribution in [0.3, 0.4) is 0 Å². The summed E-state index contributed by atoms with van der Waals surface area (Å²) in [5.41, 5.74) is 2.89. The first-order valence-corrected chi connectivity index (χ1v) is 11.9. The van der Waals surface area contributed by atoms with E-state index in [0.717, 1.165) is 18.7 Å². The van der Waals surface area contributed by atoms with Gasteiger partial charge in [0.2, 0.25) is 0 Å². The molecule has 0 atom stereocenters. The molecule has 2 aliphatic heterocycles. The summed E-state index contributed by atoms with van der Waals surface area (Å²) in [6, 6.07) is 15.0. The highest BCUT2D eigenvalue weighted by Crippen LogP contribution is 2.33. The van der Waals surface area contributed by atoms with Crippen LogP contribution >= 0.6 is 11.8 Å². The first kappa shape index (κ1) is 22.8. The fraction of sp³-hybridized carbons (Fsp3) is 0.333. The van der Waals surface area contributed by atoms with E-state index in [1.165, 1.54) is 23.5 Å². The van der Waals surface area contributed by atoms with Gasteiger partial charge in [0.05, 0.1) is 9.83 Å². The third-order valence-electron chi connectivity index (χ3n) is 5.90. The third kappa shape index (κ3) is 5.03. The molecule has 0 N–H and O–H groups in total. The highest BCUT2D eigenvalue weighted by atomic mass is 32.2. The van der Waals surface area contributed by atoms with Gasteiger partial charge in [0.25, 0.3) is 11.6 Å². The van der Waals surface area contributed by atoms with E-state index in [4.69, 9.17) is 0 Å². The van der Waals surface area contributed by atoms with Crippen LogP contribution < -0.4 is 9.80 Å². The molecular weight excluding hydrogens is 438 g/mol. The number of rotatable bonds is 6. The molecule has 2 aliphatic rings. The van der Waals surface area contributed by atoms with E-state index in [2.05, 4.69) is 40.8 Å². The van der Waals surface area contributed by atoms with Crippen LogP contribution in [0.4, 0.5) is 17.1 Å². The lowest BCUT2D eigenvalue weighted by atomic mass is 10.2. The van der Waals surface area contributed by atoms with Gasteiger partial charge in [-0.1, -0.05) is 24.3 Å². The number of carbonyl (C=O) groups excluding carboxylic acids is 1. The summed E-state index contributed by atoms with van der Waals surface area (Å²) >= 11 is 1.40. The van der Waals surface area contributed by atoms with E-state index >= 15 is 0 Å². The van der Waals surface area contributed by atoms with Crippen molar-refractivity contribution in [3.8, 4) is 0 Å². The molecule has 0 aromatic heterocycles. The highest BCUT2D eigenvalue weighted by molar-refractivity contribution is 8.18. The van der Waals surface area contributed by atoms with Gasteiger partial charge >= 0.3 is 0 Å². The van der Waals surface area contributed by atoms with Crippen molar-refractivity contribution >= 4 is 46.0 Å². The predicted octanol–water partition coefficient (Wildman–Crippen LogP) is 4.23. The molecule has 0 aliphatic carbocycles. The van der Waals surface area contributed by atoms with Crippen molar-refractivity contribution < 1.29 is 9.72 Å². The van der Waals surface area contributed by atoms with Crippen LogP contribution in [0, 0.1) is 10.1 Å². The monoisotopic (exact) mass is 465 g/mol. The number of hydrogen-bond donors (Lipinski definition) is 0. The van der Waals surface area contributed by atoms with Crippen LogP contribution in [0.25, 0.3) is 6.08 Å². The minimum Gasteiger partial charge on any atom is -0.372 e. The molecule has 0 bridgehead atoms. The van der Waals surface area contributed by atoms with Gasteiger partial charge in [-0.3, -0.25) is 14.9 Å². The van der Waals surface area contributed by atoms with E-state index in [1.807, 2.05) is 29.2 Å².